The summed E-state index contributed by atoms with van der Waals surface area (Å²) in [7, 11) is 1.63. The van der Waals surface area contributed by atoms with Gasteiger partial charge in [-0.3, -0.25) is 4.79 Å². The zero-order valence-electron chi connectivity index (χ0n) is 16.6. The van der Waals surface area contributed by atoms with Gasteiger partial charge in [-0.15, -0.1) is 0 Å². The number of para-hydroxylation sites is 1. The van der Waals surface area contributed by atoms with Crippen molar-refractivity contribution in [2.75, 3.05) is 7.11 Å². The van der Waals surface area contributed by atoms with Gasteiger partial charge in [-0.2, -0.15) is 5.10 Å². The second-order valence-corrected chi connectivity index (χ2v) is 7.61. The highest BCUT2D eigenvalue weighted by atomic mass is 35.5. The van der Waals surface area contributed by atoms with E-state index < -0.39 is 0 Å². The van der Waals surface area contributed by atoms with E-state index in [0.717, 1.165) is 28.3 Å². The molecule has 0 amide bonds. The Balaban J connectivity index is 1.73. The third-order valence-corrected chi connectivity index (χ3v) is 5.29. The Hall–Kier alpha value is -3.34. The number of halogens is 2. The van der Waals surface area contributed by atoms with Crippen LogP contribution in [0.5, 0.6) is 5.75 Å². The van der Waals surface area contributed by atoms with E-state index in [-0.39, 0.29) is 5.78 Å². The molecular formula is C25H18Cl2N2O2. The standard InChI is InChI=1S/C25H18Cl2N2O2/c1-31-21-11-7-17(8-12-21)25-18(16-29(28-25)20-5-3-2-4-6-20)9-14-24(30)22-13-10-19(26)15-23(22)27/h2-16H,1H3. The van der Waals surface area contributed by atoms with Crippen LogP contribution in [0.4, 0.5) is 0 Å². The predicted octanol–water partition coefficient (Wildman–Crippen LogP) is 6.75. The molecule has 1 aromatic heterocycles. The Morgan fingerprint density at radius 2 is 1.74 bits per heavy atom. The minimum Gasteiger partial charge on any atom is -0.497 e. The summed E-state index contributed by atoms with van der Waals surface area (Å²) in [6, 6.07) is 22.2. The number of nitrogens with zero attached hydrogens (tertiary/aromatic N) is 2. The van der Waals surface area contributed by atoms with Crippen LogP contribution in [0, 0.1) is 0 Å². The minimum absolute atomic E-state index is 0.213. The fraction of sp³-hybridized carbons (Fsp3) is 0.0400. The Morgan fingerprint density at radius 3 is 2.42 bits per heavy atom. The van der Waals surface area contributed by atoms with E-state index in [2.05, 4.69) is 0 Å². The lowest BCUT2D eigenvalue weighted by atomic mass is 10.1. The Labute approximate surface area is 190 Å². The van der Waals surface area contributed by atoms with Gasteiger partial charge in [-0.25, -0.2) is 4.68 Å². The maximum absolute atomic E-state index is 12.7. The number of carbonyl (C=O) groups is 1. The van der Waals surface area contributed by atoms with Crippen molar-refractivity contribution in [3.63, 3.8) is 0 Å². The third-order valence-electron chi connectivity index (χ3n) is 4.74. The highest BCUT2D eigenvalue weighted by Gasteiger charge is 2.13. The molecule has 0 saturated heterocycles. The van der Waals surface area contributed by atoms with Crippen molar-refractivity contribution in [2.45, 2.75) is 0 Å². The topological polar surface area (TPSA) is 44.1 Å². The van der Waals surface area contributed by atoms with Crippen molar-refractivity contribution in [3.8, 4) is 22.7 Å². The predicted molar refractivity (Wildman–Crippen MR) is 125 cm³/mol. The summed E-state index contributed by atoms with van der Waals surface area (Å²) in [6.45, 7) is 0. The highest BCUT2D eigenvalue weighted by Crippen LogP contribution is 2.27. The Morgan fingerprint density at radius 1 is 1.00 bits per heavy atom. The molecule has 0 N–H and O–H groups in total. The van der Waals surface area contributed by atoms with Gasteiger partial charge in [0.25, 0.3) is 0 Å². The molecule has 31 heavy (non-hydrogen) atoms. The molecule has 1 heterocycles. The van der Waals surface area contributed by atoms with Crippen molar-refractivity contribution < 1.29 is 9.53 Å². The van der Waals surface area contributed by atoms with Gasteiger partial charge in [-0.05, 0) is 66.7 Å². The number of hydrogen-bond acceptors (Lipinski definition) is 3. The second kappa shape index (κ2) is 9.21. The summed E-state index contributed by atoms with van der Waals surface area (Å²) in [5.74, 6) is 0.547. The quantitative estimate of drug-likeness (QED) is 0.242. The van der Waals surface area contributed by atoms with Crippen LogP contribution in [-0.4, -0.2) is 22.7 Å². The van der Waals surface area contributed by atoms with E-state index in [1.54, 1.807) is 36.1 Å². The summed E-state index contributed by atoms with van der Waals surface area (Å²) >= 11 is 12.1. The number of allylic oxidation sites excluding steroid dienone is 1. The van der Waals surface area contributed by atoms with E-state index in [0.29, 0.717) is 15.6 Å². The van der Waals surface area contributed by atoms with Crippen LogP contribution in [0.1, 0.15) is 15.9 Å². The Bertz CT molecular complexity index is 1250. The fourth-order valence-electron chi connectivity index (χ4n) is 3.14. The van der Waals surface area contributed by atoms with Crippen molar-refractivity contribution >= 4 is 35.1 Å². The number of rotatable bonds is 6. The molecule has 0 aliphatic rings. The molecule has 154 valence electrons. The van der Waals surface area contributed by atoms with E-state index in [1.807, 2.05) is 60.8 Å². The maximum Gasteiger partial charge on any atom is 0.187 e. The van der Waals surface area contributed by atoms with Gasteiger partial charge in [0.15, 0.2) is 5.78 Å². The summed E-state index contributed by atoms with van der Waals surface area (Å²) in [4.78, 5) is 12.7. The van der Waals surface area contributed by atoms with Gasteiger partial charge < -0.3 is 4.74 Å². The minimum atomic E-state index is -0.213. The lowest BCUT2D eigenvalue weighted by molar-refractivity contribution is 0.104. The molecule has 0 aliphatic carbocycles. The van der Waals surface area contributed by atoms with Crippen molar-refractivity contribution in [1.29, 1.82) is 0 Å². The molecule has 4 aromatic rings. The summed E-state index contributed by atoms with van der Waals surface area (Å²) in [5, 5.41) is 5.56. The molecule has 0 aliphatic heterocycles. The third kappa shape index (κ3) is 4.71. The second-order valence-electron chi connectivity index (χ2n) is 6.76. The first-order valence-corrected chi connectivity index (χ1v) is 10.3. The molecule has 3 aromatic carbocycles. The van der Waals surface area contributed by atoms with Gasteiger partial charge in [0.2, 0.25) is 0 Å². The number of carbonyl (C=O) groups excluding carboxylic acids is 1. The monoisotopic (exact) mass is 448 g/mol. The zero-order valence-corrected chi connectivity index (χ0v) is 18.1. The van der Waals surface area contributed by atoms with Gasteiger partial charge in [0, 0.05) is 27.9 Å². The first-order chi connectivity index (χ1) is 15.0. The van der Waals surface area contributed by atoms with Gasteiger partial charge >= 0.3 is 0 Å². The molecule has 4 nitrogen and oxygen atoms in total. The van der Waals surface area contributed by atoms with Crippen molar-refractivity contribution in [2.24, 2.45) is 0 Å². The van der Waals surface area contributed by atoms with E-state index in [1.165, 1.54) is 6.08 Å². The Kier molecular flexibility index (Phi) is 6.21. The molecule has 0 spiro atoms. The normalized spacial score (nSPS) is 11.1. The number of ketones is 1. The van der Waals surface area contributed by atoms with Gasteiger partial charge in [-0.1, -0.05) is 41.4 Å². The van der Waals surface area contributed by atoms with Crippen LogP contribution >= 0.6 is 23.2 Å². The lowest BCUT2D eigenvalue weighted by Crippen LogP contribution is -1.95. The first kappa shape index (κ1) is 20.9. The zero-order chi connectivity index (χ0) is 21.8. The average molecular weight is 449 g/mol. The molecule has 0 radical (unpaired) electrons. The SMILES string of the molecule is COc1ccc(-c2nn(-c3ccccc3)cc2C=CC(=O)c2ccc(Cl)cc2Cl)cc1. The number of ether oxygens (including phenoxy) is 1. The van der Waals surface area contributed by atoms with Crippen molar-refractivity contribution in [3.05, 3.63) is 106 Å². The average Bonchev–Trinajstić information content (AvgIpc) is 3.22. The summed E-state index contributed by atoms with van der Waals surface area (Å²) in [6.07, 6.45) is 5.13. The molecule has 0 saturated carbocycles. The summed E-state index contributed by atoms with van der Waals surface area (Å²) < 4.78 is 7.04. The van der Waals surface area contributed by atoms with E-state index in [4.69, 9.17) is 33.0 Å². The number of methoxy groups -OCH3 is 1. The molecule has 0 fully saturated rings. The van der Waals surface area contributed by atoms with Crippen LogP contribution < -0.4 is 4.74 Å². The molecule has 0 bridgehead atoms. The summed E-state index contributed by atoms with van der Waals surface area (Å²) in [5.41, 5.74) is 3.77. The van der Waals surface area contributed by atoms with Crippen LogP contribution in [0.2, 0.25) is 10.0 Å². The van der Waals surface area contributed by atoms with Crippen LogP contribution in [0.3, 0.4) is 0 Å². The van der Waals surface area contributed by atoms with Crippen LogP contribution in [0.25, 0.3) is 23.0 Å². The molecule has 0 atom stereocenters. The fourth-order valence-corrected chi connectivity index (χ4v) is 3.64. The van der Waals surface area contributed by atoms with Crippen molar-refractivity contribution in [1.82, 2.24) is 9.78 Å². The van der Waals surface area contributed by atoms with E-state index in [9.17, 15) is 4.79 Å². The smallest absolute Gasteiger partial charge is 0.187 e. The number of hydrogen-bond donors (Lipinski definition) is 0. The highest BCUT2D eigenvalue weighted by molar-refractivity contribution is 6.37. The van der Waals surface area contributed by atoms with Crippen LogP contribution in [0.15, 0.2) is 85.1 Å². The molecule has 6 heteroatoms. The molecule has 4 rings (SSSR count). The number of aromatic nitrogens is 2. The van der Waals surface area contributed by atoms with Gasteiger partial charge in [0.05, 0.1) is 23.5 Å². The maximum atomic E-state index is 12.7. The lowest BCUT2D eigenvalue weighted by Gasteiger charge is -2.03. The number of benzene rings is 3. The van der Waals surface area contributed by atoms with Gasteiger partial charge in [0.1, 0.15) is 5.75 Å². The first-order valence-electron chi connectivity index (χ1n) is 9.52. The van der Waals surface area contributed by atoms with E-state index >= 15 is 0 Å². The molecular weight excluding hydrogens is 431 g/mol. The van der Waals surface area contributed by atoms with Crippen LogP contribution in [-0.2, 0) is 0 Å². The molecule has 0 unspecified atom stereocenters. The largest absolute Gasteiger partial charge is 0.497 e.